The number of aromatic hydroxyl groups is 1. The average Bonchev–Trinajstić information content (AvgIpc) is 2.68. The van der Waals surface area contributed by atoms with Crippen LogP contribution in [0.3, 0.4) is 0 Å². The van der Waals surface area contributed by atoms with E-state index >= 15 is 0 Å². The predicted molar refractivity (Wildman–Crippen MR) is 120 cm³/mol. The van der Waals surface area contributed by atoms with Crippen LogP contribution in [-0.2, 0) is 13.0 Å². The maximum atomic E-state index is 13.0. The normalized spacial score (nSPS) is 10.8. The number of ether oxygens (including phenoxy) is 2. The fourth-order valence-electron chi connectivity index (χ4n) is 2.53. The van der Waals surface area contributed by atoms with Crippen LogP contribution in [0.1, 0.15) is 18.1 Å². The number of hydrogen-bond donors (Lipinski definition) is 3. The SMILES string of the molecule is CCNC(=NCc1cc(OC)c(O)c(OC)c1)NCCc1ccc(F)cc1.I. The molecule has 6 nitrogen and oxygen atoms in total. The zero-order valence-corrected chi connectivity index (χ0v) is 18.6. The average molecular weight is 503 g/mol. The zero-order chi connectivity index (χ0) is 19.6. The van der Waals surface area contributed by atoms with Crippen molar-refractivity contribution in [2.75, 3.05) is 27.3 Å². The van der Waals surface area contributed by atoms with Gasteiger partial charge in [-0.2, -0.15) is 0 Å². The second-order valence-corrected chi connectivity index (χ2v) is 5.85. The number of aliphatic imine (C=N–C) groups is 1. The lowest BCUT2D eigenvalue weighted by Gasteiger charge is -2.13. The molecule has 2 aromatic rings. The second-order valence-electron chi connectivity index (χ2n) is 5.85. The van der Waals surface area contributed by atoms with E-state index in [4.69, 9.17) is 9.47 Å². The highest BCUT2D eigenvalue weighted by atomic mass is 127. The molecule has 0 spiro atoms. The number of halogens is 2. The van der Waals surface area contributed by atoms with Crippen LogP contribution in [0.4, 0.5) is 4.39 Å². The van der Waals surface area contributed by atoms with E-state index in [2.05, 4.69) is 15.6 Å². The van der Waals surface area contributed by atoms with Gasteiger partial charge < -0.3 is 25.2 Å². The summed E-state index contributed by atoms with van der Waals surface area (Å²) in [4.78, 5) is 4.55. The molecular weight excluding hydrogens is 476 g/mol. The first-order valence-corrected chi connectivity index (χ1v) is 8.77. The summed E-state index contributed by atoms with van der Waals surface area (Å²) in [6.45, 7) is 3.77. The number of hydrogen-bond acceptors (Lipinski definition) is 4. The van der Waals surface area contributed by atoms with Crippen molar-refractivity contribution in [1.29, 1.82) is 0 Å². The van der Waals surface area contributed by atoms with Crippen LogP contribution in [0.2, 0.25) is 0 Å². The summed E-state index contributed by atoms with van der Waals surface area (Å²) >= 11 is 0. The summed E-state index contributed by atoms with van der Waals surface area (Å²) in [5.74, 6) is 1.09. The van der Waals surface area contributed by atoms with Crippen LogP contribution >= 0.6 is 24.0 Å². The van der Waals surface area contributed by atoms with Gasteiger partial charge in [0.05, 0.1) is 20.8 Å². The van der Waals surface area contributed by atoms with Crippen molar-refractivity contribution in [3.63, 3.8) is 0 Å². The first-order valence-electron chi connectivity index (χ1n) is 8.77. The van der Waals surface area contributed by atoms with Crippen molar-refractivity contribution in [2.24, 2.45) is 4.99 Å². The molecule has 0 aliphatic rings. The van der Waals surface area contributed by atoms with Crippen LogP contribution in [0, 0.1) is 5.82 Å². The van der Waals surface area contributed by atoms with Crippen molar-refractivity contribution in [1.82, 2.24) is 10.6 Å². The van der Waals surface area contributed by atoms with Crippen molar-refractivity contribution >= 4 is 29.9 Å². The van der Waals surface area contributed by atoms with E-state index in [9.17, 15) is 9.50 Å². The molecule has 0 bridgehead atoms. The molecule has 0 saturated heterocycles. The van der Waals surface area contributed by atoms with Gasteiger partial charge in [-0.3, -0.25) is 0 Å². The Labute approximate surface area is 182 Å². The fraction of sp³-hybridized carbons (Fsp3) is 0.350. The predicted octanol–water partition coefficient (Wildman–Crippen LogP) is 3.46. The largest absolute Gasteiger partial charge is 0.502 e. The Kier molecular flexibility index (Phi) is 10.4. The summed E-state index contributed by atoms with van der Waals surface area (Å²) in [7, 11) is 2.98. The first kappa shape index (κ1) is 23.8. The highest BCUT2D eigenvalue weighted by Crippen LogP contribution is 2.37. The van der Waals surface area contributed by atoms with E-state index in [1.165, 1.54) is 26.4 Å². The van der Waals surface area contributed by atoms with Crippen molar-refractivity contribution in [2.45, 2.75) is 19.9 Å². The molecule has 0 heterocycles. The number of nitrogens with one attached hydrogen (secondary N) is 2. The molecule has 0 atom stereocenters. The molecule has 0 radical (unpaired) electrons. The Bertz CT molecular complexity index is 745. The van der Waals surface area contributed by atoms with Gasteiger partial charge >= 0.3 is 0 Å². The number of phenols is 1. The highest BCUT2D eigenvalue weighted by Gasteiger charge is 2.11. The minimum atomic E-state index is -0.235. The lowest BCUT2D eigenvalue weighted by molar-refractivity contribution is 0.339. The summed E-state index contributed by atoms with van der Waals surface area (Å²) in [6.07, 6.45) is 0.756. The van der Waals surface area contributed by atoms with Crippen LogP contribution < -0.4 is 20.1 Å². The molecule has 0 aliphatic heterocycles. The number of methoxy groups -OCH3 is 2. The third-order valence-corrected chi connectivity index (χ3v) is 3.92. The Hall–Kier alpha value is -2.23. The lowest BCUT2D eigenvalue weighted by atomic mass is 10.1. The molecule has 0 aromatic heterocycles. The maximum Gasteiger partial charge on any atom is 0.200 e. The first-order chi connectivity index (χ1) is 13.1. The van der Waals surface area contributed by atoms with Gasteiger partial charge in [0.25, 0.3) is 0 Å². The number of phenolic OH excluding ortho intramolecular Hbond substituents is 1. The summed E-state index contributed by atoms with van der Waals surface area (Å²) in [5.41, 5.74) is 1.89. The number of nitrogens with zero attached hydrogens (tertiary/aromatic N) is 1. The van der Waals surface area contributed by atoms with E-state index < -0.39 is 0 Å². The van der Waals surface area contributed by atoms with Crippen molar-refractivity contribution < 1.29 is 19.0 Å². The van der Waals surface area contributed by atoms with Gasteiger partial charge in [-0.15, -0.1) is 24.0 Å². The summed E-state index contributed by atoms with van der Waals surface area (Å²) in [5, 5.41) is 16.4. The van der Waals surface area contributed by atoms with E-state index in [1.807, 2.05) is 6.92 Å². The third-order valence-electron chi connectivity index (χ3n) is 3.92. The Morgan fingerprint density at radius 1 is 1.04 bits per heavy atom. The number of guanidine groups is 1. The van der Waals surface area contributed by atoms with Crippen molar-refractivity contribution in [3.8, 4) is 17.2 Å². The smallest absolute Gasteiger partial charge is 0.200 e. The molecule has 0 unspecified atom stereocenters. The minimum Gasteiger partial charge on any atom is -0.502 e. The van der Waals surface area contributed by atoms with E-state index in [-0.39, 0.29) is 35.5 Å². The van der Waals surface area contributed by atoms with Gasteiger partial charge in [-0.1, -0.05) is 12.1 Å². The lowest BCUT2D eigenvalue weighted by Crippen LogP contribution is -2.38. The van der Waals surface area contributed by atoms with Gasteiger partial charge in [0.15, 0.2) is 17.5 Å². The molecule has 0 aliphatic carbocycles. The minimum absolute atomic E-state index is 0. The summed E-state index contributed by atoms with van der Waals surface area (Å²) in [6, 6.07) is 9.92. The van der Waals surface area contributed by atoms with Gasteiger partial charge in [-0.05, 0) is 48.7 Å². The van der Waals surface area contributed by atoms with Crippen LogP contribution in [0.15, 0.2) is 41.4 Å². The standard InChI is InChI=1S/C20H26FN3O3.HI/c1-4-22-20(23-10-9-14-5-7-16(21)8-6-14)24-13-15-11-17(26-2)19(25)18(12-15)27-3;/h5-8,11-12,25H,4,9-10,13H2,1-3H3,(H2,22,23,24);1H. The molecule has 2 rings (SSSR count). The third kappa shape index (κ3) is 7.06. The monoisotopic (exact) mass is 503 g/mol. The Morgan fingerprint density at radius 2 is 1.64 bits per heavy atom. The van der Waals surface area contributed by atoms with E-state index in [0.717, 1.165) is 24.1 Å². The van der Waals surface area contributed by atoms with Crippen LogP contribution in [0.25, 0.3) is 0 Å². The number of rotatable bonds is 8. The fourth-order valence-corrected chi connectivity index (χ4v) is 2.53. The van der Waals surface area contributed by atoms with Gasteiger partial charge in [0.1, 0.15) is 5.82 Å². The molecule has 154 valence electrons. The van der Waals surface area contributed by atoms with Gasteiger partial charge in [0.2, 0.25) is 5.75 Å². The molecule has 3 N–H and O–H groups in total. The number of benzene rings is 2. The van der Waals surface area contributed by atoms with Gasteiger partial charge in [-0.25, -0.2) is 9.38 Å². The molecule has 0 fully saturated rings. The molecule has 0 amide bonds. The molecule has 28 heavy (non-hydrogen) atoms. The van der Waals surface area contributed by atoms with Crippen LogP contribution in [0.5, 0.6) is 17.2 Å². The molecule has 8 heteroatoms. The Morgan fingerprint density at radius 3 is 2.18 bits per heavy atom. The van der Waals surface area contributed by atoms with Crippen LogP contribution in [-0.4, -0.2) is 38.4 Å². The van der Waals surface area contributed by atoms with E-state index in [0.29, 0.717) is 30.5 Å². The van der Waals surface area contributed by atoms with Crippen molar-refractivity contribution in [3.05, 3.63) is 53.3 Å². The Balaban J connectivity index is 0.00000392. The van der Waals surface area contributed by atoms with Gasteiger partial charge in [0, 0.05) is 13.1 Å². The zero-order valence-electron chi connectivity index (χ0n) is 16.3. The maximum absolute atomic E-state index is 13.0. The quantitative estimate of drug-likeness (QED) is 0.293. The highest BCUT2D eigenvalue weighted by molar-refractivity contribution is 14.0. The van der Waals surface area contributed by atoms with E-state index in [1.54, 1.807) is 24.3 Å². The molecule has 2 aromatic carbocycles. The molecular formula is C20H27FIN3O3. The second kappa shape index (κ2) is 12.3. The topological polar surface area (TPSA) is 75.1 Å². The summed E-state index contributed by atoms with van der Waals surface area (Å²) < 4.78 is 23.3. The molecule has 0 saturated carbocycles.